The van der Waals surface area contributed by atoms with Crippen LogP contribution < -0.4 is 24.7 Å². The highest BCUT2D eigenvalue weighted by Crippen LogP contribution is 2.25. The summed E-state index contributed by atoms with van der Waals surface area (Å²) in [7, 11) is 3.96. The van der Waals surface area contributed by atoms with Crippen molar-refractivity contribution in [2.75, 3.05) is 28.7 Å². The lowest BCUT2D eigenvalue weighted by Gasteiger charge is -2.28. The lowest BCUT2D eigenvalue weighted by atomic mass is 10.1. The fourth-order valence-corrected chi connectivity index (χ4v) is 4.76. The molecule has 0 aliphatic heterocycles. The molecule has 5 aromatic rings. The van der Waals surface area contributed by atoms with Crippen LogP contribution >= 0.6 is 23.2 Å². The molecule has 12 heteroatoms. The minimum Gasteiger partial charge on any atom is -0.395 e. The van der Waals surface area contributed by atoms with E-state index in [1.165, 1.54) is 4.90 Å². The molecule has 0 spiro atoms. The van der Waals surface area contributed by atoms with Crippen LogP contribution in [-0.4, -0.2) is 49.4 Å². The van der Waals surface area contributed by atoms with Crippen LogP contribution in [0, 0.1) is 0 Å². The van der Waals surface area contributed by atoms with Crippen molar-refractivity contribution in [2.24, 2.45) is 14.1 Å². The van der Waals surface area contributed by atoms with E-state index in [0.29, 0.717) is 0 Å². The minimum absolute atomic E-state index is 0.0300. The molecule has 240 valence electrons. The van der Waals surface area contributed by atoms with Gasteiger partial charge in [-0.15, -0.1) is 0 Å². The van der Waals surface area contributed by atoms with Gasteiger partial charge < -0.3 is 25.7 Å². The quantitative estimate of drug-likeness (QED) is 0.0761. The second-order valence-corrected chi connectivity index (χ2v) is 11.6. The normalized spacial score (nSPS) is 12.7. The SMILES string of the molecule is C[n+]1ccc(C=Cc2ccc(Nc3nc(Nc4ccc(C=Cc5cc[n+](C)cc5)cc4)nc(N(CCO)C(Cl)C(O)Cl)n3)cc2)cc1. The Morgan fingerprint density at radius 1 is 0.660 bits per heavy atom. The van der Waals surface area contributed by atoms with E-state index in [-0.39, 0.29) is 31.0 Å². The van der Waals surface area contributed by atoms with Gasteiger partial charge in [-0.1, -0.05) is 71.8 Å². The maximum absolute atomic E-state index is 9.99. The van der Waals surface area contributed by atoms with Gasteiger partial charge in [-0.25, -0.2) is 9.13 Å². The van der Waals surface area contributed by atoms with Crippen LogP contribution in [-0.2, 0) is 14.1 Å². The number of halogens is 2. The van der Waals surface area contributed by atoms with E-state index in [2.05, 4.69) is 25.6 Å². The predicted octanol–water partition coefficient (Wildman–Crippen LogP) is 5.27. The summed E-state index contributed by atoms with van der Waals surface area (Å²) in [5, 5.41) is 26.1. The van der Waals surface area contributed by atoms with E-state index in [0.717, 1.165) is 33.6 Å². The molecule has 4 N–H and O–H groups in total. The standard InChI is InChI=1S/C35H34Cl2N8O2/c1-43-19-15-27(16-20-43)5-3-25-7-11-29(12-8-25)38-33-40-34(42-35(41-33)45(23-24-46)31(36)32(37)47)39-30-13-9-26(10-14-30)4-6-28-17-21-44(2)22-18-28/h3-22,31-32,46-47H,23-24H2,1-2H3/p+2. The molecule has 5 rings (SSSR count). The van der Waals surface area contributed by atoms with E-state index in [9.17, 15) is 10.2 Å². The van der Waals surface area contributed by atoms with E-state index >= 15 is 0 Å². The van der Waals surface area contributed by atoms with Gasteiger partial charge in [0.2, 0.25) is 17.8 Å². The number of aliphatic hydroxyl groups excluding tert-OH is 2. The van der Waals surface area contributed by atoms with Crippen molar-refractivity contribution in [3.63, 3.8) is 0 Å². The summed E-state index contributed by atoms with van der Waals surface area (Å²) >= 11 is 12.3. The van der Waals surface area contributed by atoms with Crippen LogP contribution in [0.2, 0.25) is 0 Å². The Morgan fingerprint density at radius 2 is 1.04 bits per heavy atom. The molecular weight excluding hydrogens is 635 g/mol. The number of nitrogens with zero attached hydrogens (tertiary/aromatic N) is 6. The Hall–Kier alpha value is -4.87. The zero-order valence-corrected chi connectivity index (χ0v) is 27.5. The first-order chi connectivity index (χ1) is 22.7. The summed E-state index contributed by atoms with van der Waals surface area (Å²) < 4.78 is 3.97. The highest BCUT2D eigenvalue weighted by Gasteiger charge is 2.26. The Morgan fingerprint density at radius 3 is 1.40 bits per heavy atom. The number of benzene rings is 2. The molecule has 0 fully saturated rings. The lowest BCUT2D eigenvalue weighted by Crippen LogP contribution is -2.40. The van der Waals surface area contributed by atoms with Gasteiger partial charge in [-0.2, -0.15) is 15.0 Å². The Labute approximate surface area is 284 Å². The number of rotatable bonds is 13. The molecule has 0 aliphatic rings. The number of pyridine rings is 2. The molecule has 3 heterocycles. The summed E-state index contributed by atoms with van der Waals surface area (Å²) in [5.74, 6) is 0.569. The number of hydrogen-bond donors (Lipinski definition) is 4. The minimum atomic E-state index is -1.44. The summed E-state index contributed by atoms with van der Waals surface area (Å²) in [4.78, 5) is 15.0. The number of nitrogens with one attached hydrogen (secondary N) is 2. The zero-order valence-electron chi connectivity index (χ0n) is 25.9. The third-order valence-electron chi connectivity index (χ3n) is 7.02. The van der Waals surface area contributed by atoms with Crippen molar-refractivity contribution in [1.82, 2.24) is 15.0 Å². The number of alkyl halides is 2. The first-order valence-corrected chi connectivity index (χ1v) is 15.7. The molecular formula is C35H36Cl2N8O2+2. The molecule has 2 atom stereocenters. The average Bonchev–Trinajstić information content (AvgIpc) is 3.07. The molecule has 3 aromatic heterocycles. The van der Waals surface area contributed by atoms with Crippen LogP contribution in [0.5, 0.6) is 0 Å². The molecule has 0 saturated heterocycles. The second-order valence-electron chi connectivity index (χ2n) is 10.7. The van der Waals surface area contributed by atoms with E-state index in [1.807, 2.05) is 145 Å². The topological polar surface area (TPSA) is 114 Å². The second kappa shape index (κ2) is 16.1. The van der Waals surface area contributed by atoms with Crippen molar-refractivity contribution >= 4 is 76.7 Å². The monoisotopic (exact) mass is 670 g/mol. The molecule has 2 aromatic carbocycles. The van der Waals surface area contributed by atoms with E-state index < -0.39 is 11.1 Å². The molecule has 0 amide bonds. The predicted molar refractivity (Wildman–Crippen MR) is 188 cm³/mol. The van der Waals surface area contributed by atoms with Gasteiger partial charge in [0.15, 0.2) is 30.4 Å². The molecule has 0 radical (unpaired) electrons. The summed E-state index contributed by atoms with van der Waals surface area (Å²) in [6.45, 7) is -0.237. The van der Waals surface area contributed by atoms with Gasteiger partial charge in [-0.05, 0) is 46.5 Å². The highest BCUT2D eigenvalue weighted by atomic mass is 35.5. The first kappa shape index (κ1) is 33.5. The maximum Gasteiger partial charge on any atom is 0.233 e. The molecule has 47 heavy (non-hydrogen) atoms. The first-order valence-electron chi connectivity index (χ1n) is 14.9. The zero-order chi connectivity index (χ0) is 33.2. The Bertz CT molecular complexity index is 1680. The molecule has 0 bridgehead atoms. The summed E-state index contributed by atoms with van der Waals surface area (Å²) in [5.41, 5.74) is 3.19. The van der Waals surface area contributed by atoms with Crippen molar-refractivity contribution in [1.29, 1.82) is 0 Å². The van der Waals surface area contributed by atoms with Crippen LogP contribution in [0.15, 0.2) is 97.6 Å². The lowest BCUT2D eigenvalue weighted by molar-refractivity contribution is -0.671. The van der Waals surface area contributed by atoms with Crippen molar-refractivity contribution in [3.8, 4) is 0 Å². The molecule has 0 saturated carbocycles. The largest absolute Gasteiger partial charge is 0.395 e. The number of aryl methyl sites for hydroxylation is 2. The van der Waals surface area contributed by atoms with E-state index in [4.69, 9.17) is 23.2 Å². The fourth-order valence-electron chi connectivity index (χ4n) is 4.44. The molecule has 2 unspecified atom stereocenters. The van der Waals surface area contributed by atoms with Gasteiger partial charge in [-0.3, -0.25) is 0 Å². The van der Waals surface area contributed by atoms with Gasteiger partial charge >= 0.3 is 0 Å². The van der Waals surface area contributed by atoms with Crippen molar-refractivity contribution in [2.45, 2.75) is 11.1 Å². The third-order valence-corrected chi connectivity index (χ3v) is 7.87. The Balaban J connectivity index is 1.36. The number of hydrogen-bond acceptors (Lipinski definition) is 8. The van der Waals surface area contributed by atoms with E-state index in [1.54, 1.807) is 0 Å². The van der Waals surface area contributed by atoms with Crippen molar-refractivity contribution < 1.29 is 19.3 Å². The number of aliphatic hydroxyl groups is 2. The summed E-state index contributed by atoms with van der Waals surface area (Å²) in [6, 6.07) is 23.8. The van der Waals surface area contributed by atoms with Crippen LogP contribution in [0.25, 0.3) is 24.3 Å². The van der Waals surface area contributed by atoms with Gasteiger partial charge in [0, 0.05) is 42.2 Å². The highest BCUT2D eigenvalue weighted by molar-refractivity contribution is 6.30. The van der Waals surface area contributed by atoms with Gasteiger partial charge in [0.1, 0.15) is 19.6 Å². The Kier molecular flexibility index (Phi) is 11.5. The van der Waals surface area contributed by atoms with Crippen LogP contribution in [0.4, 0.5) is 29.2 Å². The fraction of sp³-hybridized carbons (Fsp3) is 0.171. The third kappa shape index (κ3) is 9.81. The average molecular weight is 672 g/mol. The summed E-state index contributed by atoms with van der Waals surface area (Å²) in [6.07, 6.45) is 16.2. The molecule has 0 aliphatic carbocycles. The smallest absolute Gasteiger partial charge is 0.233 e. The number of anilines is 5. The van der Waals surface area contributed by atoms with Crippen LogP contribution in [0.1, 0.15) is 22.3 Å². The van der Waals surface area contributed by atoms with Crippen molar-refractivity contribution in [3.05, 3.63) is 120 Å². The molecule has 10 nitrogen and oxygen atoms in total. The number of aromatic nitrogens is 5. The maximum atomic E-state index is 9.99. The van der Waals surface area contributed by atoms with Gasteiger partial charge in [0.25, 0.3) is 0 Å². The van der Waals surface area contributed by atoms with Crippen LogP contribution in [0.3, 0.4) is 0 Å². The van der Waals surface area contributed by atoms with Gasteiger partial charge in [0.05, 0.1) is 6.61 Å².